The zero-order valence-corrected chi connectivity index (χ0v) is 13.6. The number of benzene rings is 1. The number of hydrogen-bond donors (Lipinski definition) is 1. The second kappa shape index (κ2) is 6.41. The molecule has 0 bridgehead atoms. The Bertz CT molecular complexity index is 502. The van der Waals surface area contributed by atoms with E-state index in [1.165, 1.54) is 19.4 Å². The lowest BCUT2D eigenvalue weighted by atomic mass is 9.84. The van der Waals surface area contributed by atoms with Crippen molar-refractivity contribution in [3.8, 4) is 0 Å². The molecule has 2 heterocycles. The number of rotatable bonds is 2. The van der Waals surface area contributed by atoms with Crippen LogP contribution in [0.2, 0.25) is 0 Å². The summed E-state index contributed by atoms with van der Waals surface area (Å²) in [5, 5.41) is 0. The lowest BCUT2D eigenvalue weighted by Crippen LogP contribution is -2.54. The van der Waals surface area contributed by atoms with E-state index in [1.54, 1.807) is 0 Å². The van der Waals surface area contributed by atoms with Gasteiger partial charge in [0.25, 0.3) is 0 Å². The molecule has 3 rings (SSSR count). The minimum atomic E-state index is 0.272. The molecule has 0 N–H and O–H groups in total. The third kappa shape index (κ3) is 3.43. The van der Waals surface area contributed by atoms with E-state index in [0.717, 1.165) is 30.0 Å². The minimum absolute atomic E-state index is 0.272. The lowest BCUT2D eigenvalue weighted by Gasteiger charge is -2.46. The normalized spacial score (nSPS) is 26.5. The number of carbonyl (C=O) groups is 1. The molecular formula is C17H24N2OS. The predicted molar refractivity (Wildman–Crippen MR) is 87.7 cm³/mol. The zero-order chi connectivity index (χ0) is 14.8. The molecule has 0 aromatic heterocycles. The summed E-state index contributed by atoms with van der Waals surface area (Å²) in [5.74, 6) is 0.940. The van der Waals surface area contributed by atoms with Crippen LogP contribution in [0.25, 0.3) is 0 Å². The van der Waals surface area contributed by atoms with Gasteiger partial charge in [0, 0.05) is 24.0 Å². The quantitative estimate of drug-likeness (QED) is 0.849. The van der Waals surface area contributed by atoms with E-state index in [9.17, 15) is 4.79 Å². The maximum Gasteiger partial charge on any atom is 0.227 e. The average molecular weight is 304 g/mol. The molecule has 114 valence electrons. The van der Waals surface area contributed by atoms with E-state index in [-0.39, 0.29) is 5.91 Å². The minimum Gasteiger partial charge on any atom is -0.342 e. The van der Waals surface area contributed by atoms with Gasteiger partial charge in [0.2, 0.25) is 5.91 Å². The molecule has 0 aliphatic carbocycles. The van der Waals surface area contributed by atoms with Crippen LogP contribution in [0.5, 0.6) is 0 Å². The van der Waals surface area contributed by atoms with Crippen molar-refractivity contribution in [3.05, 3.63) is 29.8 Å². The standard InChI is InChI=1S/C17H24N2OS/c1-18-9-2-3-14-12-19(10-8-16(14)18)17(20)11-13-4-6-15(21)7-5-13/h4-7,14,16,21H,2-3,8-12H2,1H3. The first-order valence-electron chi connectivity index (χ1n) is 7.89. The third-order valence-corrected chi connectivity index (χ3v) is 5.29. The van der Waals surface area contributed by atoms with Gasteiger partial charge in [-0.15, -0.1) is 12.6 Å². The van der Waals surface area contributed by atoms with Crippen molar-refractivity contribution in [2.24, 2.45) is 5.92 Å². The van der Waals surface area contributed by atoms with Crippen LogP contribution in [-0.4, -0.2) is 48.4 Å². The molecule has 0 spiro atoms. The zero-order valence-electron chi connectivity index (χ0n) is 12.7. The fourth-order valence-corrected chi connectivity index (χ4v) is 3.93. The van der Waals surface area contributed by atoms with Gasteiger partial charge in [0.15, 0.2) is 0 Å². The summed E-state index contributed by atoms with van der Waals surface area (Å²) >= 11 is 4.28. The van der Waals surface area contributed by atoms with E-state index < -0.39 is 0 Å². The van der Waals surface area contributed by atoms with Gasteiger partial charge >= 0.3 is 0 Å². The van der Waals surface area contributed by atoms with Crippen molar-refractivity contribution in [1.29, 1.82) is 0 Å². The maximum atomic E-state index is 12.5. The predicted octanol–water partition coefficient (Wildman–Crippen LogP) is 2.46. The van der Waals surface area contributed by atoms with Crippen LogP contribution < -0.4 is 0 Å². The van der Waals surface area contributed by atoms with Gasteiger partial charge in [-0.2, -0.15) is 0 Å². The Kier molecular flexibility index (Phi) is 4.55. The van der Waals surface area contributed by atoms with Crippen LogP contribution >= 0.6 is 12.6 Å². The molecule has 1 amide bonds. The van der Waals surface area contributed by atoms with Crippen molar-refractivity contribution >= 4 is 18.5 Å². The number of piperidine rings is 2. The monoisotopic (exact) mass is 304 g/mol. The van der Waals surface area contributed by atoms with Gasteiger partial charge < -0.3 is 9.80 Å². The lowest BCUT2D eigenvalue weighted by molar-refractivity contribution is -0.134. The molecule has 4 heteroatoms. The number of fused-ring (bicyclic) bond motifs is 1. The number of amides is 1. The summed E-state index contributed by atoms with van der Waals surface area (Å²) < 4.78 is 0. The van der Waals surface area contributed by atoms with Gasteiger partial charge in [-0.05, 0) is 56.5 Å². The molecule has 21 heavy (non-hydrogen) atoms. The molecule has 2 atom stereocenters. The fraction of sp³-hybridized carbons (Fsp3) is 0.588. The molecule has 1 aromatic carbocycles. The third-order valence-electron chi connectivity index (χ3n) is 4.99. The number of thiol groups is 1. The largest absolute Gasteiger partial charge is 0.342 e. The van der Waals surface area contributed by atoms with Crippen molar-refractivity contribution < 1.29 is 4.79 Å². The molecule has 0 radical (unpaired) electrons. The summed E-state index contributed by atoms with van der Waals surface area (Å²) in [7, 11) is 2.23. The summed E-state index contributed by atoms with van der Waals surface area (Å²) in [6.07, 6.45) is 4.18. The summed E-state index contributed by atoms with van der Waals surface area (Å²) in [4.78, 5) is 18.0. The highest BCUT2D eigenvalue weighted by atomic mass is 32.1. The Morgan fingerprint density at radius 1 is 1.24 bits per heavy atom. The molecular weight excluding hydrogens is 280 g/mol. The number of hydrogen-bond acceptors (Lipinski definition) is 3. The number of nitrogens with zero attached hydrogens (tertiary/aromatic N) is 2. The maximum absolute atomic E-state index is 12.5. The van der Waals surface area contributed by atoms with Gasteiger partial charge in [-0.1, -0.05) is 12.1 Å². The molecule has 1 aromatic rings. The Labute approximate surface area is 132 Å². The van der Waals surface area contributed by atoms with Crippen molar-refractivity contribution in [2.45, 2.75) is 36.6 Å². The molecule has 2 unspecified atom stereocenters. The van der Waals surface area contributed by atoms with Crippen molar-refractivity contribution in [1.82, 2.24) is 9.80 Å². The molecule has 2 saturated heterocycles. The average Bonchev–Trinajstić information content (AvgIpc) is 2.49. The molecule has 0 saturated carbocycles. The Balaban J connectivity index is 1.60. The topological polar surface area (TPSA) is 23.6 Å². The Morgan fingerprint density at radius 2 is 2.00 bits per heavy atom. The summed E-state index contributed by atoms with van der Waals surface area (Å²) in [6.45, 7) is 3.07. The van der Waals surface area contributed by atoms with Crippen LogP contribution in [0.4, 0.5) is 0 Å². The highest BCUT2D eigenvalue weighted by Crippen LogP contribution is 2.29. The van der Waals surface area contributed by atoms with E-state index >= 15 is 0 Å². The number of carbonyl (C=O) groups excluding carboxylic acids is 1. The van der Waals surface area contributed by atoms with Crippen LogP contribution in [0.3, 0.4) is 0 Å². The van der Waals surface area contributed by atoms with Gasteiger partial charge in [-0.25, -0.2) is 0 Å². The highest BCUT2D eigenvalue weighted by molar-refractivity contribution is 7.80. The van der Waals surface area contributed by atoms with Crippen LogP contribution in [0.1, 0.15) is 24.8 Å². The van der Waals surface area contributed by atoms with E-state index in [2.05, 4.69) is 29.5 Å². The van der Waals surface area contributed by atoms with Crippen molar-refractivity contribution in [2.75, 3.05) is 26.7 Å². The van der Waals surface area contributed by atoms with Gasteiger partial charge in [0.05, 0.1) is 6.42 Å². The van der Waals surface area contributed by atoms with Crippen molar-refractivity contribution in [3.63, 3.8) is 0 Å². The Hall–Kier alpha value is -1.00. The Morgan fingerprint density at radius 3 is 2.76 bits per heavy atom. The SMILES string of the molecule is CN1CCCC2CN(C(=O)Cc3ccc(S)cc3)CCC21. The first-order chi connectivity index (χ1) is 10.1. The van der Waals surface area contributed by atoms with Gasteiger partial charge in [-0.3, -0.25) is 4.79 Å². The number of likely N-dealkylation sites (tertiary alicyclic amines) is 2. The van der Waals surface area contributed by atoms with Crippen LogP contribution in [-0.2, 0) is 11.2 Å². The highest BCUT2D eigenvalue weighted by Gasteiger charge is 2.35. The summed E-state index contributed by atoms with van der Waals surface area (Å²) in [6, 6.07) is 8.59. The summed E-state index contributed by atoms with van der Waals surface area (Å²) in [5.41, 5.74) is 1.08. The first kappa shape index (κ1) is 14.9. The second-order valence-electron chi connectivity index (χ2n) is 6.42. The van der Waals surface area contributed by atoms with E-state index in [1.807, 2.05) is 24.3 Å². The van der Waals surface area contributed by atoms with Crippen LogP contribution in [0, 0.1) is 5.92 Å². The fourth-order valence-electron chi connectivity index (χ4n) is 3.78. The second-order valence-corrected chi connectivity index (χ2v) is 6.94. The van der Waals surface area contributed by atoms with Gasteiger partial charge in [0.1, 0.15) is 0 Å². The smallest absolute Gasteiger partial charge is 0.227 e. The molecule has 2 aliphatic heterocycles. The molecule has 2 aliphatic rings. The molecule has 2 fully saturated rings. The van der Waals surface area contributed by atoms with E-state index in [4.69, 9.17) is 0 Å². The molecule has 3 nitrogen and oxygen atoms in total. The van der Waals surface area contributed by atoms with E-state index in [0.29, 0.717) is 18.4 Å². The van der Waals surface area contributed by atoms with Crippen LogP contribution in [0.15, 0.2) is 29.2 Å². The first-order valence-corrected chi connectivity index (χ1v) is 8.34.